The third kappa shape index (κ3) is 5.29. The molecule has 2 heterocycles. The second-order valence-corrected chi connectivity index (χ2v) is 7.61. The molecule has 2 amide bonds. The van der Waals surface area contributed by atoms with E-state index in [4.69, 9.17) is 4.52 Å². The van der Waals surface area contributed by atoms with E-state index in [0.29, 0.717) is 43.2 Å². The Morgan fingerprint density at radius 3 is 2.52 bits per heavy atom. The third-order valence-electron chi connectivity index (χ3n) is 4.52. The summed E-state index contributed by atoms with van der Waals surface area (Å²) in [6.45, 7) is 3.04. The normalized spacial score (nSPS) is 10.7. The summed E-state index contributed by atoms with van der Waals surface area (Å²) in [5.74, 6) is 0.994. The third-order valence-corrected chi connectivity index (χ3v) is 5.20. The highest BCUT2D eigenvalue weighted by atomic mass is 32.1. The molecular weight excluding hydrogens is 388 g/mol. The van der Waals surface area contributed by atoms with Crippen molar-refractivity contribution in [3.63, 3.8) is 0 Å². The van der Waals surface area contributed by atoms with Crippen LogP contribution in [0.25, 0.3) is 11.4 Å². The molecule has 152 valence electrons. The number of nitrogens with zero attached hydrogens (tertiary/aromatic N) is 4. The van der Waals surface area contributed by atoms with Gasteiger partial charge in [0.1, 0.15) is 0 Å². The van der Waals surface area contributed by atoms with Gasteiger partial charge in [0.05, 0.1) is 0 Å². The maximum atomic E-state index is 12.6. The van der Waals surface area contributed by atoms with Crippen LogP contribution in [0.1, 0.15) is 35.2 Å². The number of thiophene rings is 1. The standard InChI is InChI=1S/C21H24N4O3S/c1-4-25(13-15-5-7-16(8-6-15)21(27)24(2)3)19(26)10-9-18-22-20(23-28-18)17-11-12-29-14-17/h5-8,11-12,14H,4,9-10,13H2,1-3H3. The number of aromatic nitrogens is 2. The number of aryl methyl sites for hydroxylation is 1. The Morgan fingerprint density at radius 2 is 1.90 bits per heavy atom. The van der Waals surface area contributed by atoms with Crippen LogP contribution in [0, 0.1) is 0 Å². The maximum absolute atomic E-state index is 12.6. The maximum Gasteiger partial charge on any atom is 0.253 e. The van der Waals surface area contributed by atoms with Crippen molar-refractivity contribution in [3.8, 4) is 11.4 Å². The van der Waals surface area contributed by atoms with Crippen LogP contribution >= 0.6 is 11.3 Å². The largest absolute Gasteiger partial charge is 0.345 e. The topological polar surface area (TPSA) is 79.5 Å². The Labute approximate surface area is 173 Å². The molecule has 3 aromatic rings. The van der Waals surface area contributed by atoms with E-state index in [-0.39, 0.29) is 11.8 Å². The van der Waals surface area contributed by atoms with Crippen LogP contribution in [0.5, 0.6) is 0 Å². The zero-order valence-corrected chi connectivity index (χ0v) is 17.6. The molecule has 0 radical (unpaired) electrons. The molecule has 0 aliphatic carbocycles. The summed E-state index contributed by atoms with van der Waals surface area (Å²) in [4.78, 5) is 32.3. The number of hydrogen-bond acceptors (Lipinski definition) is 6. The van der Waals surface area contributed by atoms with E-state index in [2.05, 4.69) is 10.1 Å². The van der Waals surface area contributed by atoms with Gasteiger partial charge in [0.15, 0.2) is 0 Å². The van der Waals surface area contributed by atoms with Gasteiger partial charge in [-0.25, -0.2) is 0 Å². The van der Waals surface area contributed by atoms with Crippen molar-refractivity contribution in [2.24, 2.45) is 0 Å². The van der Waals surface area contributed by atoms with Gasteiger partial charge in [-0.2, -0.15) is 16.3 Å². The molecule has 0 saturated carbocycles. The second kappa shape index (κ2) is 9.47. The number of benzene rings is 1. The second-order valence-electron chi connectivity index (χ2n) is 6.83. The van der Waals surface area contributed by atoms with Gasteiger partial charge >= 0.3 is 0 Å². The molecule has 1 aromatic carbocycles. The first-order chi connectivity index (χ1) is 14.0. The Bertz CT molecular complexity index is 949. The van der Waals surface area contributed by atoms with Crippen LogP contribution < -0.4 is 0 Å². The van der Waals surface area contributed by atoms with Crippen molar-refractivity contribution in [1.29, 1.82) is 0 Å². The minimum atomic E-state index is -0.0404. The molecule has 0 fully saturated rings. The molecule has 0 atom stereocenters. The average molecular weight is 413 g/mol. The van der Waals surface area contributed by atoms with E-state index < -0.39 is 0 Å². The van der Waals surface area contributed by atoms with Gasteiger partial charge in [-0.3, -0.25) is 9.59 Å². The molecule has 0 N–H and O–H groups in total. The summed E-state index contributed by atoms with van der Waals surface area (Å²) in [6.07, 6.45) is 0.707. The van der Waals surface area contributed by atoms with E-state index in [1.807, 2.05) is 35.9 Å². The molecule has 0 saturated heterocycles. The first-order valence-corrected chi connectivity index (χ1v) is 10.4. The van der Waals surface area contributed by atoms with Crippen molar-refractivity contribution >= 4 is 23.2 Å². The van der Waals surface area contributed by atoms with Crippen molar-refractivity contribution in [2.45, 2.75) is 26.3 Å². The Hall–Kier alpha value is -3.00. The summed E-state index contributed by atoms with van der Waals surface area (Å²) >= 11 is 1.57. The van der Waals surface area contributed by atoms with Crippen LogP contribution in [-0.2, 0) is 17.8 Å². The van der Waals surface area contributed by atoms with Gasteiger partial charge in [-0.15, -0.1) is 0 Å². The summed E-state index contributed by atoms with van der Waals surface area (Å²) in [5, 5.41) is 7.88. The average Bonchev–Trinajstić information content (AvgIpc) is 3.41. The fourth-order valence-corrected chi connectivity index (χ4v) is 3.48. The number of rotatable bonds is 8. The molecule has 0 unspecified atom stereocenters. The van der Waals surface area contributed by atoms with Gasteiger partial charge in [-0.05, 0) is 36.1 Å². The number of hydrogen-bond donors (Lipinski definition) is 0. The Kier molecular flexibility index (Phi) is 6.77. The zero-order valence-electron chi connectivity index (χ0n) is 16.8. The highest BCUT2D eigenvalue weighted by Crippen LogP contribution is 2.19. The Morgan fingerprint density at radius 1 is 1.14 bits per heavy atom. The molecule has 0 spiro atoms. The highest BCUT2D eigenvalue weighted by molar-refractivity contribution is 7.08. The van der Waals surface area contributed by atoms with E-state index in [1.165, 1.54) is 4.90 Å². The summed E-state index contributed by atoms with van der Waals surface area (Å²) in [6, 6.07) is 9.29. The smallest absolute Gasteiger partial charge is 0.253 e. The zero-order chi connectivity index (χ0) is 20.8. The van der Waals surface area contributed by atoms with Crippen molar-refractivity contribution < 1.29 is 14.1 Å². The van der Waals surface area contributed by atoms with E-state index in [9.17, 15) is 9.59 Å². The van der Waals surface area contributed by atoms with E-state index >= 15 is 0 Å². The van der Waals surface area contributed by atoms with E-state index in [0.717, 1.165) is 11.1 Å². The molecular formula is C21H24N4O3S. The van der Waals surface area contributed by atoms with Crippen LogP contribution in [0.3, 0.4) is 0 Å². The predicted molar refractivity (Wildman–Crippen MR) is 111 cm³/mol. The predicted octanol–water partition coefficient (Wildman–Crippen LogP) is 3.48. The molecule has 0 bridgehead atoms. The number of amides is 2. The first kappa shape index (κ1) is 20.7. The van der Waals surface area contributed by atoms with E-state index in [1.54, 1.807) is 42.5 Å². The lowest BCUT2D eigenvalue weighted by molar-refractivity contribution is -0.131. The molecule has 7 nitrogen and oxygen atoms in total. The first-order valence-electron chi connectivity index (χ1n) is 9.41. The summed E-state index contributed by atoms with van der Waals surface area (Å²) < 4.78 is 5.26. The monoisotopic (exact) mass is 412 g/mol. The lowest BCUT2D eigenvalue weighted by atomic mass is 10.1. The van der Waals surface area contributed by atoms with Gasteiger partial charge in [0.2, 0.25) is 17.6 Å². The number of carbonyl (C=O) groups excluding carboxylic acids is 2. The van der Waals surface area contributed by atoms with Crippen LogP contribution in [0.2, 0.25) is 0 Å². The lowest BCUT2D eigenvalue weighted by Crippen LogP contribution is -2.30. The molecule has 3 rings (SSSR count). The minimum Gasteiger partial charge on any atom is -0.345 e. The fraction of sp³-hybridized carbons (Fsp3) is 0.333. The molecule has 29 heavy (non-hydrogen) atoms. The fourth-order valence-electron chi connectivity index (χ4n) is 2.84. The van der Waals surface area contributed by atoms with Gasteiger partial charge < -0.3 is 14.3 Å². The molecule has 8 heteroatoms. The lowest BCUT2D eigenvalue weighted by Gasteiger charge is -2.21. The minimum absolute atomic E-state index is 0.0243. The molecule has 0 aliphatic rings. The van der Waals surface area contributed by atoms with Crippen molar-refractivity contribution in [1.82, 2.24) is 19.9 Å². The van der Waals surface area contributed by atoms with Crippen molar-refractivity contribution in [2.75, 3.05) is 20.6 Å². The van der Waals surface area contributed by atoms with Gasteiger partial charge in [0, 0.05) is 56.5 Å². The SMILES string of the molecule is CCN(Cc1ccc(C(=O)N(C)C)cc1)C(=O)CCc1nc(-c2ccsc2)no1. The number of carbonyl (C=O) groups is 2. The van der Waals surface area contributed by atoms with Crippen molar-refractivity contribution in [3.05, 3.63) is 58.1 Å². The Balaban J connectivity index is 1.56. The van der Waals surface area contributed by atoms with Crippen LogP contribution in [0.15, 0.2) is 45.6 Å². The van der Waals surface area contributed by atoms with Gasteiger partial charge in [0.25, 0.3) is 5.91 Å². The quantitative estimate of drug-likeness (QED) is 0.566. The summed E-state index contributed by atoms with van der Waals surface area (Å²) in [7, 11) is 3.45. The molecule has 2 aromatic heterocycles. The molecule has 0 aliphatic heterocycles. The van der Waals surface area contributed by atoms with Crippen LogP contribution in [0.4, 0.5) is 0 Å². The highest BCUT2D eigenvalue weighted by Gasteiger charge is 2.16. The van der Waals surface area contributed by atoms with Gasteiger partial charge in [-0.1, -0.05) is 17.3 Å². The summed E-state index contributed by atoms with van der Waals surface area (Å²) in [5.41, 5.74) is 2.53. The van der Waals surface area contributed by atoms with Crippen LogP contribution in [-0.4, -0.2) is 52.4 Å².